The number of nitrogens with zero attached hydrogens (tertiary/aromatic N) is 2. The first-order chi connectivity index (χ1) is 14.0. The smallest absolute Gasteiger partial charge is 0.324 e. The van der Waals surface area contributed by atoms with Crippen LogP contribution in [0.15, 0.2) is 18.2 Å². The van der Waals surface area contributed by atoms with E-state index in [1.165, 1.54) is 19.3 Å². The molecule has 2 aliphatic carbocycles. The number of piperidine rings is 1. The van der Waals surface area contributed by atoms with Crippen LogP contribution < -0.4 is 15.5 Å². The van der Waals surface area contributed by atoms with Crippen molar-refractivity contribution in [3.8, 4) is 0 Å². The van der Waals surface area contributed by atoms with Gasteiger partial charge in [-0.25, -0.2) is 4.79 Å². The number of anilines is 2. The predicted octanol–water partition coefficient (Wildman–Crippen LogP) is 2.83. The van der Waals surface area contributed by atoms with Gasteiger partial charge in [0.15, 0.2) is 0 Å². The summed E-state index contributed by atoms with van der Waals surface area (Å²) in [6, 6.07) is 4.96. The first-order valence-corrected chi connectivity index (χ1v) is 10.8. The lowest BCUT2D eigenvalue weighted by Gasteiger charge is -2.32. The maximum Gasteiger partial charge on any atom is 0.324 e. The Balaban J connectivity index is 1.37. The number of urea groups is 1. The summed E-state index contributed by atoms with van der Waals surface area (Å²) in [6.45, 7) is 4.20. The van der Waals surface area contributed by atoms with Crippen LogP contribution in [0.2, 0.25) is 0 Å². The standard InChI is InChI=1S/C22H28N4O3/c1-13-8-20(27)24-18-10-15(21(28)23-7-6-14-2-3-14)4-5-19(18)26(13)22(29)25-11-16-9-17(16)12-25/h4-5,10,13-14,16-17H,2-3,6-9,11-12H2,1H3,(H,23,28)(H,24,27)/t13-,16-,17+/m0/s1. The summed E-state index contributed by atoms with van der Waals surface area (Å²) in [7, 11) is 0. The van der Waals surface area contributed by atoms with Crippen LogP contribution >= 0.6 is 0 Å². The minimum atomic E-state index is -0.237. The molecule has 4 amide bonds. The summed E-state index contributed by atoms with van der Waals surface area (Å²) in [4.78, 5) is 41.8. The first kappa shape index (κ1) is 18.5. The van der Waals surface area contributed by atoms with E-state index in [0.717, 1.165) is 25.4 Å². The molecular weight excluding hydrogens is 368 g/mol. The summed E-state index contributed by atoms with van der Waals surface area (Å²) < 4.78 is 0. The van der Waals surface area contributed by atoms with Crippen LogP contribution in [0.25, 0.3) is 0 Å². The lowest BCUT2D eigenvalue weighted by molar-refractivity contribution is -0.116. The number of carbonyl (C=O) groups is 3. The highest BCUT2D eigenvalue weighted by Crippen LogP contribution is 2.45. The number of carbonyl (C=O) groups excluding carboxylic acids is 3. The topological polar surface area (TPSA) is 81.8 Å². The third-order valence-corrected chi connectivity index (χ3v) is 6.70. The third-order valence-electron chi connectivity index (χ3n) is 6.70. The molecule has 5 rings (SSSR count). The van der Waals surface area contributed by atoms with Crippen LogP contribution in [0.1, 0.15) is 49.4 Å². The van der Waals surface area contributed by atoms with Gasteiger partial charge in [0.2, 0.25) is 5.91 Å². The number of likely N-dealkylation sites (tertiary alicyclic amines) is 1. The fourth-order valence-electron chi connectivity index (χ4n) is 4.68. The van der Waals surface area contributed by atoms with E-state index < -0.39 is 0 Å². The fraction of sp³-hybridized carbons (Fsp3) is 0.591. The predicted molar refractivity (Wildman–Crippen MR) is 110 cm³/mol. The molecule has 0 bridgehead atoms. The Morgan fingerprint density at radius 3 is 2.69 bits per heavy atom. The number of nitrogens with one attached hydrogen (secondary N) is 2. The van der Waals surface area contributed by atoms with E-state index in [9.17, 15) is 14.4 Å². The minimum absolute atomic E-state index is 0.0379. The van der Waals surface area contributed by atoms with Crippen molar-refractivity contribution in [2.24, 2.45) is 17.8 Å². The van der Waals surface area contributed by atoms with Gasteiger partial charge in [0.25, 0.3) is 5.91 Å². The van der Waals surface area contributed by atoms with Crippen molar-refractivity contribution in [1.29, 1.82) is 0 Å². The van der Waals surface area contributed by atoms with E-state index in [4.69, 9.17) is 0 Å². The van der Waals surface area contributed by atoms with Gasteiger partial charge in [-0.2, -0.15) is 0 Å². The van der Waals surface area contributed by atoms with Gasteiger partial charge in [-0.3, -0.25) is 14.5 Å². The minimum Gasteiger partial charge on any atom is -0.352 e. The maximum absolute atomic E-state index is 13.3. The molecule has 4 aliphatic rings. The van der Waals surface area contributed by atoms with Gasteiger partial charge in [-0.05, 0) is 55.7 Å². The molecule has 3 fully saturated rings. The molecule has 1 aromatic rings. The monoisotopic (exact) mass is 396 g/mol. The van der Waals surface area contributed by atoms with Gasteiger partial charge >= 0.3 is 6.03 Å². The summed E-state index contributed by atoms with van der Waals surface area (Å²) in [5.74, 6) is 1.80. The summed E-state index contributed by atoms with van der Waals surface area (Å²) in [6.07, 6.45) is 5.02. The third kappa shape index (κ3) is 3.70. The highest BCUT2D eigenvalue weighted by atomic mass is 16.2. The van der Waals surface area contributed by atoms with E-state index in [2.05, 4.69) is 10.6 Å². The Kier molecular flexibility index (Phi) is 4.48. The lowest BCUT2D eigenvalue weighted by atomic mass is 10.1. The van der Waals surface area contributed by atoms with Gasteiger partial charge in [0, 0.05) is 37.7 Å². The molecule has 3 atom stereocenters. The lowest BCUT2D eigenvalue weighted by Crippen LogP contribution is -2.47. The van der Waals surface area contributed by atoms with Crippen molar-refractivity contribution in [2.45, 2.75) is 45.1 Å². The van der Waals surface area contributed by atoms with E-state index in [0.29, 0.717) is 35.3 Å². The molecule has 7 nitrogen and oxygen atoms in total. The Morgan fingerprint density at radius 1 is 1.21 bits per heavy atom. The first-order valence-electron chi connectivity index (χ1n) is 10.8. The molecule has 1 saturated heterocycles. The average Bonchev–Trinajstić information content (AvgIpc) is 3.61. The number of hydrogen-bond acceptors (Lipinski definition) is 3. The Hall–Kier alpha value is -2.57. The zero-order chi connectivity index (χ0) is 20.1. The van der Waals surface area contributed by atoms with Crippen LogP contribution in [0, 0.1) is 17.8 Å². The molecule has 0 aromatic heterocycles. The Bertz CT molecular complexity index is 856. The largest absolute Gasteiger partial charge is 0.352 e. The second kappa shape index (κ2) is 7.04. The van der Waals surface area contributed by atoms with Gasteiger partial charge in [0.1, 0.15) is 0 Å². The van der Waals surface area contributed by atoms with Crippen molar-refractivity contribution in [3.63, 3.8) is 0 Å². The molecule has 2 N–H and O–H groups in total. The zero-order valence-corrected chi connectivity index (χ0v) is 16.8. The van der Waals surface area contributed by atoms with Crippen molar-refractivity contribution in [3.05, 3.63) is 23.8 Å². The van der Waals surface area contributed by atoms with Crippen LogP contribution in [-0.4, -0.2) is 48.4 Å². The van der Waals surface area contributed by atoms with Crippen LogP contribution in [-0.2, 0) is 4.79 Å². The number of benzene rings is 1. The van der Waals surface area contributed by atoms with E-state index >= 15 is 0 Å². The van der Waals surface area contributed by atoms with E-state index in [-0.39, 0.29) is 30.3 Å². The van der Waals surface area contributed by atoms with Crippen LogP contribution in [0.3, 0.4) is 0 Å². The van der Waals surface area contributed by atoms with Gasteiger partial charge in [-0.15, -0.1) is 0 Å². The SMILES string of the molecule is C[C@H]1CC(=O)Nc2cc(C(=O)NCCC3CC3)ccc2N1C(=O)N1C[C@H]2C[C@H]2C1. The van der Waals surface area contributed by atoms with Gasteiger partial charge < -0.3 is 15.5 Å². The maximum atomic E-state index is 13.3. The van der Waals surface area contributed by atoms with Crippen LogP contribution in [0.4, 0.5) is 16.2 Å². The Labute approximate surface area is 170 Å². The van der Waals surface area contributed by atoms with Crippen molar-refractivity contribution in [2.75, 3.05) is 29.9 Å². The molecule has 2 heterocycles. The van der Waals surface area contributed by atoms with Crippen LogP contribution in [0.5, 0.6) is 0 Å². The molecule has 7 heteroatoms. The van der Waals surface area contributed by atoms with Crippen molar-refractivity contribution in [1.82, 2.24) is 10.2 Å². The summed E-state index contributed by atoms with van der Waals surface area (Å²) in [5, 5.41) is 5.85. The highest BCUT2D eigenvalue weighted by molar-refractivity contribution is 6.06. The summed E-state index contributed by atoms with van der Waals surface area (Å²) in [5.41, 5.74) is 1.71. The summed E-state index contributed by atoms with van der Waals surface area (Å²) >= 11 is 0. The average molecular weight is 396 g/mol. The number of hydrogen-bond donors (Lipinski definition) is 2. The molecule has 1 aromatic carbocycles. The zero-order valence-electron chi connectivity index (χ0n) is 16.8. The second-order valence-electron chi connectivity index (χ2n) is 9.13. The van der Waals surface area contributed by atoms with E-state index in [1.807, 2.05) is 11.8 Å². The normalized spacial score (nSPS) is 27.6. The van der Waals surface area contributed by atoms with Crippen molar-refractivity contribution >= 4 is 29.2 Å². The quantitative estimate of drug-likeness (QED) is 0.821. The molecule has 0 unspecified atom stereocenters. The number of fused-ring (bicyclic) bond motifs is 2. The van der Waals surface area contributed by atoms with Crippen molar-refractivity contribution < 1.29 is 14.4 Å². The van der Waals surface area contributed by atoms with Gasteiger partial charge in [-0.1, -0.05) is 12.8 Å². The molecule has 0 spiro atoms. The number of amides is 4. The molecule has 0 radical (unpaired) electrons. The molecular formula is C22H28N4O3. The fourth-order valence-corrected chi connectivity index (χ4v) is 4.68. The van der Waals surface area contributed by atoms with Gasteiger partial charge in [0.05, 0.1) is 11.4 Å². The molecule has 29 heavy (non-hydrogen) atoms. The molecule has 2 aliphatic heterocycles. The van der Waals surface area contributed by atoms with E-state index in [1.54, 1.807) is 23.1 Å². The second-order valence-corrected chi connectivity index (χ2v) is 9.13. The number of rotatable bonds is 4. The molecule has 154 valence electrons. The Morgan fingerprint density at radius 2 is 1.97 bits per heavy atom. The highest BCUT2D eigenvalue weighted by Gasteiger charge is 2.48. The molecule has 2 saturated carbocycles.